The number of ether oxygens (including phenoxy) is 2. The number of hydrogen-bond donors (Lipinski definition) is 3. The van der Waals surface area contributed by atoms with E-state index in [1.807, 2.05) is 5.32 Å². The maximum absolute atomic E-state index is 12.8. The number of carbonyl (C=O) groups is 1. The van der Waals surface area contributed by atoms with E-state index >= 15 is 0 Å². The highest BCUT2D eigenvalue weighted by Crippen LogP contribution is 2.34. The largest absolute Gasteiger partial charge is 0.493 e. The minimum absolute atomic E-state index is 0.146. The van der Waals surface area contributed by atoms with Gasteiger partial charge in [-0.15, -0.1) is 0 Å². The summed E-state index contributed by atoms with van der Waals surface area (Å²) in [7, 11) is -1.36. The molecule has 2 rings (SSSR count). The highest BCUT2D eigenvalue weighted by Gasteiger charge is 2.55. The van der Waals surface area contributed by atoms with Crippen molar-refractivity contribution < 1.29 is 41.0 Å². The number of hydrogen-bond acceptors (Lipinski definition) is 6. The minimum Gasteiger partial charge on any atom is -0.493 e. The van der Waals surface area contributed by atoms with Crippen molar-refractivity contribution in [2.24, 2.45) is 0 Å². The van der Waals surface area contributed by atoms with Gasteiger partial charge in [0.15, 0.2) is 11.5 Å². The van der Waals surface area contributed by atoms with Gasteiger partial charge < -0.3 is 19.9 Å². The molecule has 0 saturated heterocycles. The molecule has 2 aromatic carbocycles. The second-order valence-corrected chi connectivity index (χ2v) is 8.43. The molecule has 3 N–H and O–H groups in total. The van der Waals surface area contributed by atoms with Crippen LogP contribution in [0, 0.1) is 0 Å². The van der Waals surface area contributed by atoms with Crippen molar-refractivity contribution in [3.63, 3.8) is 0 Å². The van der Waals surface area contributed by atoms with E-state index in [0.717, 1.165) is 18.2 Å². The van der Waals surface area contributed by atoms with Gasteiger partial charge in [0.05, 0.1) is 35.5 Å². The lowest BCUT2D eigenvalue weighted by atomic mass is 10.1. The predicted molar refractivity (Wildman–Crippen MR) is 107 cm³/mol. The van der Waals surface area contributed by atoms with Crippen molar-refractivity contribution in [3.8, 4) is 11.5 Å². The van der Waals surface area contributed by atoms with E-state index in [1.54, 1.807) is 0 Å². The Hall–Kier alpha value is -2.70. The smallest absolute Gasteiger partial charge is 0.426 e. The molecule has 0 aliphatic rings. The normalized spacial score (nSPS) is 13.8. The number of halogens is 4. The van der Waals surface area contributed by atoms with Crippen LogP contribution in [0.25, 0.3) is 0 Å². The van der Waals surface area contributed by atoms with Crippen molar-refractivity contribution in [2.45, 2.75) is 23.6 Å². The summed E-state index contributed by atoms with van der Waals surface area (Å²) < 4.78 is 76.0. The van der Waals surface area contributed by atoms with Gasteiger partial charge in [0.25, 0.3) is 15.9 Å². The van der Waals surface area contributed by atoms with Gasteiger partial charge in [0.1, 0.15) is 0 Å². The molecular weight excluding hydrogens is 465 g/mol. The van der Waals surface area contributed by atoms with E-state index in [2.05, 4.69) is 4.72 Å². The summed E-state index contributed by atoms with van der Waals surface area (Å²) in [6, 6.07) is 7.24. The number of amides is 1. The van der Waals surface area contributed by atoms with Crippen LogP contribution in [-0.4, -0.2) is 45.4 Å². The number of carbonyl (C=O) groups excluding carboxylic acids is 1. The Morgan fingerprint density at radius 2 is 1.68 bits per heavy atom. The third-order valence-corrected chi connectivity index (χ3v) is 5.82. The first-order chi connectivity index (χ1) is 14.2. The van der Waals surface area contributed by atoms with E-state index in [4.69, 9.17) is 21.1 Å². The van der Waals surface area contributed by atoms with Crippen LogP contribution in [0.5, 0.6) is 11.5 Å². The molecule has 1 atom stereocenters. The van der Waals surface area contributed by atoms with E-state index in [9.17, 15) is 31.5 Å². The first-order valence-corrected chi connectivity index (χ1v) is 10.2. The Labute approximate surface area is 181 Å². The molecule has 0 heterocycles. The lowest BCUT2D eigenvalue weighted by Crippen LogP contribution is -2.52. The van der Waals surface area contributed by atoms with Gasteiger partial charge in [-0.05, 0) is 37.3 Å². The van der Waals surface area contributed by atoms with Crippen molar-refractivity contribution >= 4 is 38.9 Å². The summed E-state index contributed by atoms with van der Waals surface area (Å²) >= 11 is 5.93. The SMILES string of the molecule is COc1ccc(NS(=O)(=O)c2ccc(NC(=O)[C@@](C)(O)C(F)(F)F)c(Cl)c2)cc1OC. The standard InChI is InChI=1S/C18H18ClF3N2O6S/c1-17(26,18(20,21)22)16(25)23-13-6-5-11(9-12(13)19)31(27,28)24-10-4-7-14(29-2)15(8-10)30-3/h4-9,24,26H,1-3H3,(H,23,25)/t17-/m1/s1. The molecule has 0 spiro atoms. The zero-order valence-electron chi connectivity index (χ0n) is 16.4. The number of sulfonamides is 1. The maximum Gasteiger partial charge on any atom is 0.426 e. The highest BCUT2D eigenvalue weighted by molar-refractivity contribution is 7.92. The van der Waals surface area contributed by atoms with Crippen molar-refractivity contribution in [2.75, 3.05) is 24.3 Å². The van der Waals surface area contributed by atoms with Crippen molar-refractivity contribution in [1.82, 2.24) is 0 Å². The number of rotatable bonds is 7. The van der Waals surface area contributed by atoms with E-state index in [1.165, 1.54) is 32.4 Å². The number of alkyl halides is 3. The molecule has 8 nitrogen and oxygen atoms in total. The van der Waals surface area contributed by atoms with Gasteiger partial charge >= 0.3 is 6.18 Å². The van der Waals surface area contributed by atoms with E-state index < -0.39 is 27.7 Å². The van der Waals surface area contributed by atoms with Crippen LogP contribution < -0.4 is 19.5 Å². The summed E-state index contributed by atoms with van der Waals surface area (Å²) in [5.41, 5.74) is -3.84. The number of aliphatic hydroxyl groups is 1. The molecule has 0 radical (unpaired) electrons. The van der Waals surface area contributed by atoms with Crippen LogP contribution >= 0.6 is 11.6 Å². The molecule has 2 aromatic rings. The van der Waals surface area contributed by atoms with Crippen LogP contribution in [0.3, 0.4) is 0 Å². The Morgan fingerprint density at radius 3 is 2.19 bits per heavy atom. The second-order valence-electron chi connectivity index (χ2n) is 6.34. The monoisotopic (exact) mass is 482 g/mol. The lowest BCUT2D eigenvalue weighted by Gasteiger charge is -2.25. The maximum atomic E-state index is 12.8. The fourth-order valence-corrected chi connectivity index (χ4v) is 3.62. The molecule has 0 unspecified atom stereocenters. The first-order valence-electron chi connectivity index (χ1n) is 8.38. The molecule has 0 saturated carbocycles. The van der Waals surface area contributed by atoms with Crippen molar-refractivity contribution in [3.05, 3.63) is 41.4 Å². The molecule has 13 heteroatoms. The van der Waals surface area contributed by atoms with Crippen LogP contribution in [0.15, 0.2) is 41.3 Å². The van der Waals surface area contributed by atoms with Gasteiger partial charge in [-0.2, -0.15) is 13.2 Å². The third kappa shape index (κ3) is 5.32. The summed E-state index contributed by atoms with van der Waals surface area (Å²) in [6.07, 6.45) is -5.23. The summed E-state index contributed by atoms with van der Waals surface area (Å²) in [5.74, 6) is -1.13. The minimum atomic E-state index is -5.23. The van der Waals surface area contributed by atoms with Crippen LogP contribution in [-0.2, 0) is 14.8 Å². The summed E-state index contributed by atoms with van der Waals surface area (Å²) in [6.45, 7) is 0.280. The Bertz CT molecular complexity index is 1090. The van der Waals surface area contributed by atoms with Crippen LogP contribution in [0.1, 0.15) is 6.92 Å². The zero-order valence-corrected chi connectivity index (χ0v) is 17.9. The van der Waals surface area contributed by atoms with Gasteiger partial charge in [-0.25, -0.2) is 8.42 Å². The number of anilines is 2. The Morgan fingerprint density at radius 1 is 1.06 bits per heavy atom. The molecule has 0 bridgehead atoms. The Kier molecular flexibility index (Phi) is 6.98. The topological polar surface area (TPSA) is 114 Å². The summed E-state index contributed by atoms with van der Waals surface area (Å²) in [4.78, 5) is 11.5. The van der Waals surface area contributed by atoms with Gasteiger partial charge in [0, 0.05) is 6.07 Å². The van der Waals surface area contributed by atoms with Crippen LogP contribution in [0.4, 0.5) is 24.5 Å². The fraction of sp³-hybridized carbons (Fsp3) is 0.278. The lowest BCUT2D eigenvalue weighted by molar-refractivity contribution is -0.242. The van der Waals surface area contributed by atoms with Gasteiger partial charge in [0.2, 0.25) is 5.60 Å². The third-order valence-electron chi connectivity index (χ3n) is 4.13. The summed E-state index contributed by atoms with van der Waals surface area (Å²) in [5, 5.41) is 10.9. The Balaban J connectivity index is 2.27. The molecule has 31 heavy (non-hydrogen) atoms. The number of nitrogens with one attached hydrogen (secondary N) is 2. The van der Waals surface area contributed by atoms with E-state index in [0.29, 0.717) is 5.75 Å². The van der Waals surface area contributed by atoms with Gasteiger partial charge in [-0.3, -0.25) is 9.52 Å². The molecular formula is C18H18ClF3N2O6S. The fourth-order valence-electron chi connectivity index (χ4n) is 2.25. The zero-order chi connectivity index (χ0) is 23.6. The predicted octanol–water partition coefficient (Wildman–Crippen LogP) is 3.41. The number of benzene rings is 2. The second kappa shape index (κ2) is 8.81. The van der Waals surface area contributed by atoms with E-state index in [-0.39, 0.29) is 34.0 Å². The average Bonchev–Trinajstić information content (AvgIpc) is 2.67. The van der Waals surface area contributed by atoms with Crippen molar-refractivity contribution in [1.29, 1.82) is 0 Å². The molecule has 0 aliphatic heterocycles. The average molecular weight is 483 g/mol. The molecule has 0 fully saturated rings. The van der Waals surface area contributed by atoms with Crippen LogP contribution in [0.2, 0.25) is 5.02 Å². The molecule has 170 valence electrons. The highest BCUT2D eigenvalue weighted by atomic mass is 35.5. The quantitative estimate of drug-likeness (QED) is 0.557. The molecule has 0 aromatic heterocycles. The molecule has 0 aliphatic carbocycles. The molecule has 1 amide bonds. The van der Waals surface area contributed by atoms with Gasteiger partial charge in [-0.1, -0.05) is 11.6 Å². The first kappa shape index (κ1) is 24.6. The number of methoxy groups -OCH3 is 2.